The summed E-state index contributed by atoms with van der Waals surface area (Å²) in [5.74, 6) is -0.521. The summed E-state index contributed by atoms with van der Waals surface area (Å²) in [4.78, 5) is 25.5. The number of nitrogens with one attached hydrogen (secondary N) is 1. The standard InChI is InChI=1S/C18H18N4O4/c1-12(15-9-6-10-25-15)19-16(23)11-26-18(24)17-13(2)20-22(21-17)14-7-4-3-5-8-14/h3-10,12H,11H2,1-2H3,(H,19,23)/t12-/m1/s1. The fourth-order valence-corrected chi connectivity index (χ4v) is 2.34. The monoisotopic (exact) mass is 354 g/mol. The highest BCUT2D eigenvalue weighted by atomic mass is 16.5. The van der Waals surface area contributed by atoms with Gasteiger partial charge in [-0.05, 0) is 38.1 Å². The Morgan fingerprint density at radius 3 is 2.65 bits per heavy atom. The second-order valence-electron chi connectivity index (χ2n) is 5.64. The van der Waals surface area contributed by atoms with Crippen LogP contribution in [0.4, 0.5) is 0 Å². The molecule has 0 unspecified atom stereocenters. The summed E-state index contributed by atoms with van der Waals surface area (Å²) in [6.07, 6.45) is 1.52. The summed E-state index contributed by atoms with van der Waals surface area (Å²) >= 11 is 0. The number of nitrogens with zero attached hydrogens (tertiary/aromatic N) is 3. The van der Waals surface area contributed by atoms with E-state index in [0.29, 0.717) is 11.5 Å². The molecule has 3 aromatic rings. The van der Waals surface area contributed by atoms with E-state index in [4.69, 9.17) is 9.15 Å². The summed E-state index contributed by atoms with van der Waals surface area (Å²) in [5, 5.41) is 11.0. The number of para-hydroxylation sites is 1. The summed E-state index contributed by atoms with van der Waals surface area (Å²) in [6.45, 7) is 3.01. The third kappa shape index (κ3) is 3.97. The van der Waals surface area contributed by atoms with Crippen LogP contribution in [0.3, 0.4) is 0 Å². The Bertz CT molecular complexity index is 887. The van der Waals surface area contributed by atoms with Crippen molar-refractivity contribution in [3.63, 3.8) is 0 Å². The number of carbonyl (C=O) groups is 2. The van der Waals surface area contributed by atoms with Crippen LogP contribution in [0.15, 0.2) is 53.1 Å². The molecule has 0 saturated carbocycles. The van der Waals surface area contributed by atoms with Gasteiger partial charge >= 0.3 is 5.97 Å². The van der Waals surface area contributed by atoms with E-state index >= 15 is 0 Å². The molecule has 2 heterocycles. The molecule has 0 fully saturated rings. The average Bonchev–Trinajstić information content (AvgIpc) is 3.30. The molecule has 8 heteroatoms. The van der Waals surface area contributed by atoms with Crippen molar-refractivity contribution in [1.29, 1.82) is 0 Å². The molecule has 0 aliphatic rings. The van der Waals surface area contributed by atoms with Crippen molar-refractivity contribution in [3.05, 3.63) is 65.9 Å². The first-order valence-electron chi connectivity index (χ1n) is 8.04. The molecule has 1 aromatic carbocycles. The van der Waals surface area contributed by atoms with Crippen molar-refractivity contribution >= 4 is 11.9 Å². The predicted molar refractivity (Wildman–Crippen MR) is 91.6 cm³/mol. The van der Waals surface area contributed by atoms with Crippen LogP contribution in [-0.2, 0) is 9.53 Å². The van der Waals surface area contributed by atoms with Gasteiger partial charge in [0.1, 0.15) is 5.76 Å². The second-order valence-corrected chi connectivity index (χ2v) is 5.64. The molecule has 8 nitrogen and oxygen atoms in total. The van der Waals surface area contributed by atoms with Crippen LogP contribution in [0, 0.1) is 6.92 Å². The van der Waals surface area contributed by atoms with E-state index in [1.807, 2.05) is 30.3 Å². The van der Waals surface area contributed by atoms with Crippen molar-refractivity contribution < 1.29 is 18.7 Å². The SMILES string of the molecule is Cc1nn(-c2ccccc2)nc1C(=O)OCC(=O)N[C@H](C)c1ccco1. The molecule has 1 amide bonds. The van der Waals surface area contributed by atoms with E-state index in [1.54, 1.807) is 26.0 Å². The van der Waals surface area contributed by atoms with Gasteiger partial charge in [-0.15, -0.1) is 5.10 Å². The number of hydrogen-bond acceptors (Lipinski definition) is 6. The zero-order chi connectivity index (χ0) is 18.5. The van der Waals surface area contributed by atoms with E-state index in [1.165, 1.54) is 11.1 Å². The minimum absolute atomic E-state index is 0.0701. The van der Waals surface area contributed by atoms with Gasteiger partial charge < -0.3 is 14.5 Å². The molecule has 0 spiro atoms. The number of aromatic nitrogens is 3. The third-order valence-corrected chi connectivity index (χ3v) is 3.64. The number of ether oxygens (including phenoxy) is 1. The number of aryl methyl sites for hydroxylation is 1. The molecular formula is C18H18N4O4. The van der Waals surface area contributed by atoms with Gasteiger partial charge in [0.25, 0.3) is 5.91 Å². The van der Waals surface area contributed by atoms with Gasteiger partial charge in [-0.3, -0.25) is 4.79 Å². The topological polar surface area (TPSA) is 99.3 Å². The molecule has 3 rings (SSSR count). The van der Waals surface area contributed by atoms with Gasteiger partial charge in [0.15, 0.2) is 12.3 Å². The molecule has 0 aliphatic carbocycles. The number of carbonyl (C=O) groups excluding carboxylic acids is 2. The molecule has 26 heavy (non-hydrogen) atoms. The molecule has 2 aromatic heterocycles. The first-order chi connectivity index (χ1) is 12.5. The van der Waals surface area contributed by atoms with Crippen LogP contribution in [0.1, 0.15) is 34.9 Å². The van der Waals surface area contributed by atoms with Gasteiger partial charge in [0, 0.05) is 0 Å². The fraction of sp³-hybridized carbons (Fsp3) is 0.222. The van der Waals surface area contributed by atoms with E-state index in [2.05, 4.69) is 15.5 Å². The number of benzene rings is 1. The Balaban J connectivity index is 1.58. The Kier molecular flexibility index (Phi) is 5.12. The van der Waals surface area contributed by atoms with Crippen molar-refractivity contribution in [1.82, 2.24) is 20.3 Å². The molecule has 0 radical (unpaired) electrons. The largest absolute Gasteiger partial charge is 0.467 e. The van der Waals surface area contributed by atoms with Crippen molar-refractivity contribution in [3.8, 4) is 5.69 Å². The van der Waals surface area contributed by atoms with Crippen LogP contribution in [0.25, 0.3) is 5.69 Å². The minimum atomic E-state index is -0.703. The zero-order valence-electron chi connectivity index (χ0n) is 14.4. The smallest absolute Gasteiger partial charge is 0.361 e. The van der Waals surface area contributed by atoms with Gasteiger partial charge in [-0.1, -0.05) is 18.2 Å². The predicted octanol–water partition coefficient (Wildman–Crippen LogP) is 2.20. The Morgan fingerprint density at radius 2 is 1.96 bits per heavy atom. The number of furan rings is 1. The van der Waals surface area contributed by atoms with E-state index < -0.39 is 18.5 Å². The molecule has 1 atom stereocenters. The van der Waals surface area contributed by atoms with Crippen molar-refractivity contribution in [2.24, 2.45) is 0 Å². The van der Waals surface area contributed by atoms with E-state index in [9.17, 15) is 9.59 Å². The van der Waals surface area contributed by atoms with Crippen LogP contribution < -0.4 is 5.32 Å². The van der Waals surface area contributed by atoms with Crippen LogP contribution >= 0.6 is 0 Å². The first-order valence-corrected chi connectivity index (χ1v) is 8.04. The molecule has 1 N–H and O–H groups in total. The average molecular weight is 354 g/mol. The maximum Gasteiger partial charge on any atom is 0.361 e. The highest BCUT2D eigenvalue weighted by Crippen LogP contribution is 2.12. The molecule has 0 saturated heterocycles. The number of esters is 1. The first kappa shape index (κ1) is 17.4. The summed E-state index contributed by atoms with van der Waals surface area (Å²) in [7, 11) is 0. The Morgan fingerprint density at radius 1 is 1.19 bits per heavy atom. The minimum Gasteiger partial charge on any atom is -0.467 e. The number of rotatable bonds is 6. The van der Waals surface area contributed by atoms with E-state index in [-0.39, 0.29) is 11.7 Å². The molecular weight excluding hydrogens is 336 g/mol. The summed E-state index contributed by atoms with van der Waals surface area (Å²) in [6, 6.07) is 12.4. The lowest BCUT2D eigenvalue weighted by Crippen LogP contribution is -2.31. The summed E-state index contributed by atoms with van der Waals surface area (Å²) in [5.41, 5.74) is 1.21. The second kappa shape index (κ2) is 7.64. The van der Waals surface area contributed by atoms with Gasteiger partial charge in [0.05, 0.1) is 23.7 Å². The Hall–Kier alpha value is -3.42. The lowest BCUT2D eigenvalue weighted by molar-refractivity contribution is -0.125. The number of hydrogen-bond donors (Lipinski definition) is 1. The van der Waals surface area contributed by atoms with E-state index in [0.717, 1.165) is 5.69 Å². The Labute approximate surface area is 149 Å². The highest BCUT2D eigenvalue weighted by molar-refractivity contribution is 5.90. The lowest BCUT2D eigenvalue weighted by atomic mass is 10.2. The van der Waals surface area contributed by atoms with Gasteiger partial charge in [0.2, 0.25) is 0 Å². The molecule has 0 bridgehead atoms. The van der Waals surface area contributed by atoms with Gasteiger partial charge in [-0.25, -0.2) is 4.79 Å². The normalized spacial score (nSPS) is 11.8. The van der Waals surface area contributed by atoms with Gasteiger partial charge in [-0.2, -0.15) is 9.90 Å². The summed E-state index contributed by atoms with van der Waals surface area (Å²) < 4.78 is 10.2. The quantitative estimate of drug-likeness (QED) is 0.681. The third-order valence-electron chi connectivity index (χ3n) is 3.64. The maximum absolute atomic E-state index is 12.2. The molecule has 0 aliphatic heterocycles. The fourth-order valence-electron chi connectivity index (χ4n) is 2.34. The van der Waals surface area contributed by atoms with Crippen LogP contribution in [-0.4, -0.2) is 33.5 Å². The van der Waals surface area contributed by atoms with Crippen molar-refractivity contribution in [2.45, 2.75) is 19.9 Å². The zero-order valence-corrected chi connectivity index (χ0v) is 14.4. The highest BCUT2D eigenvalue weighted by Gasteiger charge is 2.20. The van der Waals surface area contributed by atoms with Crippen molar-refractivity contribution in [2.75, 3.05) is 6.61 Å². The molecule has 134 valence electrons. The van der Waals surface area contributed by atoms with Crippen LogP contribution in [0.5, 0.6) is 0 Å². The number of amides is 1. The van der Waals surface area contributed by atoms with Crippen LogP contribution in [0.2, 0.25) is 0 Å². The maximum atomic E-state index is 12.2. The lowest BCUT2D eigenvalue weighted by Gasteiger charge is -2.11.